The number of nitrogens with one attached hydrogen (secondary N) is 1. The molecule has 2 aliphatic carbocycles. The van der Waals surface area contributed by atoms with Crippen molar-refractivity contribution >= 4 is 0 Å². The molecule has 1 fully saturated rings. The van der Waals surface area contributed by atoms with Crippen molar-refractivity contribution in [1.82, 2.24) is 10.2 Å². The molecular weight excluding hydrogens is 232 g/mol. The molecule has 0 saturated heterocycles. The molecule has 1 N–H and O–H groups in total. The van der Waals surface area contributed by atoms with Gasteiger partial charge in [-0.1, -0.05) is 42.5 Å². The number of nitrogens with zero attached hydrogens (tertiary/aromatic N) is 1. The minimum atomic E-state index is 0.441. The normalized spacial score (nSPS) is 30.2. The fourth-order valence-electron chi connectivity index (χ4n) is 3.47. The highest BCUT2D eigenvalue weighted by Crippen LogP contribution is 2.43. The van der Waals surface area contributed by atoms with Gasteiger partial charge in [0.15, 0.2) is 0 Å². The van der Waals surface area contributed by atoms with Crippen LogP contribution in [0.2, 0.25) is 0 Å². The molecule has 0 amide bonds. The zero-order valence-electron chi connectivity index (χ0n) is 11.9. The van der Waals surface area contributed by atoms with Gasteiger partial charge in [0, 0.05) is 18.6 Å². The van der Waals surface area contributed by atoms with Gasteiger partial charge in [-0.05, 0) is 44.3 Å². The van der Waals surface area contributed by atoms with Gasteiger partial charge in [0.2, 0.25) is 0 Å². The summed E-state index contributed by atoms with van der Waals surface area (Å²) in [7, 11) is 4.30. The average Bonchev–Trinajstić information content (AvgIpc) is 2.76. The van der Waals surface area contributed by atoms with Crippen molar-refractivity contribution in [3.63, 3.8) is 0 Å². The summed E-state index contributed by atoms with van der Waals surface area (Å²) in [5.41, 5.74) is 1.40. The molecule has 1 aromatic carbocycles. The van der Waals surface area contributed by atoms with E-state index < -0.39 is 0 Å². The van der Waals surface area contributed by atoms with E-state index in [-0.39, 0.29) is 0 Å². The topological polar surface area (TPSA) is 15.3 Å². The Morgan fingerprint density at radius 1 is 1.26 bits per heavy atom. The Labute approximate surface area is 116 Å². The molecule has 2 nitrogen and oxygen atoms in total. The summed E-state index contributed by atoms with van der Waals surface area (Å²) in [4.78, 5) is 2.27. The lowest BCUT2D eigenvalue weighted by atomic mass is 9.71. The smallest absolute Gasteiger partial charge is 0.0451 e. The van der Waals surface area contributed by atoms with Gasteiger partial charge in [-0.2, -0.15) is 0 Å². The Balaban J connectivity index is 1.68. The SMILES string of the molecule is CN(C)CC(NC1CC2CC=CC21)c1ccccc1. The van der Waals surface area contributed by atoms with Gasteiger partial charge >= 0.3 is 0 Å². The second-order valence-corrected chi connectivity index (χ2v) is 6.24. The van der Waals surface area contributed by atoms with Crippen LogP contribution >= 0.6 is 0 Å². The van der Waals surface area contributed by atoms with Crippen molar-refractivity contribution in [2.24, 2.45) is 11.8 Å². The third kappa shape index (κ3) is 2.75. The predicted octanol–water partition coefficient (Wildman–Crippen LogP) is 2.84. The van der Waals surface area contributed by atoms with Gasteiger partial charge in [-0.25, -0.2) is 0 Å². The summed E-state index contributed by atoms with van der Waals surface area (Å²) in [6, 6.07) is 12.0. The Kier molecular flexibility index (Phi) is 3.72. The third-order valence-electron chi connectivity index (χ3n) is 4.53. The number of hydrogen-bond donors (Lipinski definition) is 1. The molecule has 0 spiro atoms. The van der Waals surface area contributed by atoms with Crippen LogP contribution in [-0.2, 0) is 0 Å². The summed E-state index contributed by atoms with van der Waals surface area (Å²) >= 11 is 0. The van der Waals surface area contributed by atoms with Crippen LogP contribution in [0.1, 0.15) is 24.4 Å². The molecule has 4 atom stereocenters. The lowest BCUT2D eigenvalue weighted by Gasteiger charge is -2.43. The van der Waals surface area contributed by atoms with Gasteiger partial charge in [0.25, 0.3) is 0 Å². The molecule has 0 aliphatic heterocycles. The van der Waals surface area contributed by atoms with Crippen LogP contribution < -0.4 is 5.32 Å². The third-order valence-corrected chi connectivity index (χ3v) is 4.53. The van der Waals surface area contributed by atoms with Crippen molar-refractivity contribution < 1.29 is 0 Å². The predicted molar refractivity (Wildman–Crippen MR) is 80.0 cm³/mol. The molecule has 0 aromatic heterocycles. The van der Waals surface area contributed by atoms with Crippen LogP contribution in [0.4, 0.5) is 0 Å². The first kappa shape index (κ1) is 12.9. The van der Waals surface area contributed by atoms with E-state index in [1.165, 1.54) is 18.4 Å². The van der Waals surface area contributed by atoms with Crippen molar-refractivity contribution in [2.75, 3.05) is 20.6 Å². The van der Waals surface area contributed by atoms with Crippen LogP contribution in [0.5, 0.6) is 0 Å². The molecule has 102 valence electrons. The molecule has 2 aliphatic rings. The summed E-state index contributed by atoms with van der Waals surface area (Å²) < 4.78 is 0. The fourth-order valence-corrected chi connectivity index (χ4v) is 3.47. The summed E-state index contributed by atoms with van der Waals surface area (Å²) in [6.07, 6.45) is 7.42. The minimum Gasteiger partial charge on any atom is -0.308 e. The maximum Gasteiger partial charge on any atom is 0.0451 e. The molecule has 0 bridgehead atoms. The molecular formula is C17H24N2. The second kappa shape index (κ2) is 5.48. The van der Waals surface area contributed by atoms with E-state index in [4.69, 9.17) is 0 Å². The number of hydrogen-bond acceptors (Lipinski definition) is 2. The van der Waals surface area contributed by atoms with Gasteiger partial charge in [0.1, 0.15) is 0 Å². The zero-order valence-corrected chi connectivity index (χ0v) is 11.9. The highest BCUT2D eigenvalue weighted by atomic mass is 15.1. The standard InChI is InChI=1S/C17H24N2/c1-19(2)12-17(13-7-4-3-5-8-13)18-16-11-14-9-6-10-15(14)16/h3-8,10,14-18H,9,11-12H2,1-2H3. The van der Waals surface area contributed by atoms with Gasteiger partial charge in [-0.3, -0.25) is 0 Å². The summed E-state index contributed by atoms with van der Waals surface area (Å²) in [5, 5.41) is 3.88. The van der Waals surface area contributed by atoms with Crippen molar-refractivity contribution in [2.45, 2.75) is 24.9 Å². The Morgan fingerprint density at radius 3 is 2.74 bits per heavy atom. The first-order chi connectivity index (χ1) is 9.24. The van der Waals surface area contributed by atoms with E-state index in [2.05, 4.69) is 66.8 Å². The van der Waals surface area contributed by atoms with Crippen LogP contribution in [0.15, 0.2) is 42.5 Å². The van der Waals surface area contributed by atoms with Gasteiger partial charge < -0.3 is 10.2 Å². The first-order valence-corrected chi connectivity index (χ1v) is 7.36. The van der Waals surface area contributed by atoms with Crippen LogP contribution in [0.3, 0.4) is 0 Å². The first-order valence-electron chi connectivity index (χ1n) is 7.36. The van der Waals surface area contributed by atoms with Crippen molar-refractivity contribution in [3.05, 3.63) is 48.0 Å². The second-order valence-electron chi connectivity index (χ2n) is 6.24. The summed E-state index contributed by atoms with van der Waals surface area (Å²) in [6.45, 7) is 1.06. The molecule has 0 radical (unpaired) electrons. The Bertz CT molecular complexity index is 438. The van der Waals surface area contributed by atoms with Crippen LogP contribution in [-0.4, -0.2) is 31.6 Å². The lowest BCUT2D eigenvalue weighted by Crippen LogP contribution is -2.50. The van der Waals surface area contributed by atoms with E-state index in [0.29, 0.717) is 12.1 Å². The highest BCUT2D eigenvalue weighted by Gasteiger charge is 2.41. The molecule has 1 saturated carbocycles. The molecule has 4 unspecified atom stereocenters. The number of rotatable bonds is 5. The average molecular weight is 256 g/mol. The van der Waals surface area contributed by atoms with E-state index in [1.54, 1.807) is 0 Å². The lowest BCUT2D eigenvalue weighted by molar-refractivity contribution is 0.142. The number of allylic oxidation sites excluding steroid dienone is 1. The van der Waals surface area contributed by atoms with Crippen LogP contribution in [0, 0.1) is 11.8 Å². The largest absolute Gasteiger partial charge is 0.308 e. The quantitative estimate of drug-likeness (QED) is 0.815. The monoisotopic (exact) mass is 256 g/mol. The maximum atomic E-state index is 3.88. The van der Waals surface area contributed by atoms with Gasteiger partial charge in [0.05, 0.1) is 0 Å². The molecule has 0 heterocycles. The number of fused-ring (bicyclic) bond motifs is 1. The fraction of sp³-hybridized carbons (Fsp3) is 0.529. The van der Waals surface area contributed by atoms with Gasteiger partial charge in [-0.15, -0.1) is 0 Å². The number of likely N-dealkylation sites (N-methyl/N-ethyl adjacent to an activating group) is 1. The maximum absolute atomic E-state index is 3.88. The minimum absolute atomic E-state index is 0.441. The molecule has 19 heavy (non-hydrogen) atoms. The van der Waals surface area contributed by atoms with Crippen LogP contribution in [0.25, 0.3) is 0 Å². The summed E-state index contributed by atoms with van der Waals surface area (Å²) in [5.74, 6) is 1.71. The van der Waals surface area contributed by atoms with Crippen molar-refractivity contribution in [3.8, 4) is 0 Å². The van der Waals surface area contributed by atoms with E-state index in [9.17, 15) is 0 Å². The number of benzene rings is 1. The molecule has 1 aromatic rings. The van der Waals surface area contributed by atoms with E-state index in [1.807, 2.05) is 0 Å². The molecule has 3 rings (SSSR count). The highest BCUT2D eigenvalue weighted by molar-refractivity contribution is 5.21. The Morgan fingerprint density at radius 2 is 2.05 bits per heavy atom. The van der Waals surface area contributed by atoms with E-state index in [0.717, 1.165) is 18.4 Å². The Hall–Kier alpha value is -1.12. The van der Waals surface area contributed by atoms with Crippen molar-refractivity contribution in [1.29, 1.82) is 0 Å². The zero-order chi connectivity index (χ0) is 13.2. The van der Waals surface area contributed by atoms with E-state index >= 15 is 0 Å². The molecule has 2 heteroatoms.